The van der Waals surface area contributed by atoms with Gasteiger partial charge in [-0.2, -0.15) is 0 Å². The lowest BCUT2D eigenvalue weighted by molar-refractivity contribution is 0.0696. The van der Waals surface area contributed by atoms with Gasteiger partial charge in [-0.1, -0.05) is 25.1 Å². The highest BCUT2D eigenvalue weighted by Gasteiger charge is 2.23. The SMILES string of the molecule is CC1CCN(C(=O)c2cc(NC(=O)c3ccccc3)c(=O)n(C)c2)CC1. The van der Waals surface area contributed by atoms with Crippen LogP contribution in [0.4, 0.5) is 5.69 Å². The molecule has 1 aromatic carbocycles. The number of piperidine rings is 1. The molecule has 0 saturated carbocycles. The zero-order chi connectivity index (χ0) is 18.7. The number of hydrogen-bond donors (Lipinski definition) is 1. The maximum Gasteiger partial charge on any atom is 0.274 e. The first-order chi connectivity index (χ1) is 12.5. The summed E-state index contributed by atoms with van der Waals surface area (Å²) >= 11 is 0. The van der Waals surface area contributed by atoms with E-state index in [1.165, 1.54) is 16.8 Å². The first-order valence-corrected chi connectivity index (χ1v) is 8.82. The number of hydrogen-bond acceptors (Lipinski definition) is 3. The molecule has 1 aliphatic rings. The van der Waals surface area contributed by atoms with Crippen molar-refractivity contribution in [1.29, 1.82) is 0 Å². The largest absolute Gasteiger partial charge is 0.339 e. The zero-order valence-corrected chi connectivity index (χ0v) is 15.1. The number of carbonyl (C=O) groups is 2. The lowest BCUT2D eigenvalue weighted by Gasteiger charge is -2.30. The summed E-state index contributed by atoms with van der Waals surface area (Å²) in [5.74, 6) is 0.140. The van der Waals surface area contributed by atoms with Crippen LogP contribution in [0.3, 0.4) is 0 Å². The van der Waals surface area contributed by atoms with Crippen molar-refractivity contribution in [3.05, 3.63) is 64.1 Å². The molecule has 6 nitrogen and oxygen atoms in total. The fourth-order valence-electron chi connectivity index (χ4n) is 3.10. The van der Waals surface area contributed by atoms with Gasteiger partial charge in [0, 0.05) is 31.9 Å². The number of aromatic nitrogens is 1. The highest BCUT2D eigenvalue weighted by molar-refractivity contribution is 6.05. The summed E-state index contributed by atoms with van der Waals surface area (Å²) in [4.78, 5) is 39.3. The highest BCUT2D eigenvalue weighted by Crippen LogP contribution is 2.19. The van der Waals surface area contributed by atoms with Gasteiger partial charge >= 0.3 is 0 Å². The Labute approximate surface area is 152 Å². The van der Waals surface area contributed by atoms with E-state index in [2.05, 4.69) is 12.2 Å². The predicted octanol–water partition coefficient (Wildman–Crippen LogP) is 2.51. The average molecular weight is 353 g/mol. The molecule has 0 bridgehead atoms. The minimum absolute atomic E-state index is 0.109. The second-order valence-corrected chi connectivity index (χ2v) is 6.85. The number of nitrogens with zero attached hydrogens (tertiary/aromatic N) is 2. The van der Waals surface area contributed by atoms with Gasteiger partial charge in [0.2, 0.25) is 0 Å². The van der Waals surface area contributed by atoms with Gasteiger partial charge in [0.25, 0.3) is 17.4 Å². The van der Waals surface area contributed by atoms with E-state index >= 15 is 0 Å². The van der Waals surface area contributed by atoms with E-state index in [9.17, 15) is 14.4 Å². The normalized spacial score (nSPS) is 14.9. The molecule has 0 radical (unpaired) electrons. The number of benzene rings is 1. The Morgan fingerprint density at radius 3 is 2.38 bits per heavy atom. The van der Waals surface area contributed by atoms with Crippen molar-refractivity contribution in [2.45, 2.75) is 19.8 Å². The van der Waals surface area contributed by atoms with Crippen molar-refractivity contribution in [2.75, 3.05) is 18.4 Å². The Kier molecular flexibility index (Phi) is 5.21. The maximum atomic E-state index is 12.8. The summed E-state index contributed by atoms with van der Waals surface area (Å²) in [6.45, 7) is 3.62. The number of pyridine rings is 1. The number of likely N-dealkylation sites (tertiary alicyclic amines) is 1. The van der Waals surface area contributed by atoms with Gasteiger partial charge in [0.15, 0.2) is 0 Å². The van der Waals surface area contributed by atoms with Crippen LogP contribution >= 0.6 is 0 Å². The number of anilines is 1. The molecule has 0 spiro atoms. The fourth-order valence-corrected chi connectivity index (χ4v) is 3.10. The molecule has 1 saturated heterocycles. The first kappa shape index (κ1) is 17.9. The van der Waals surface area contributed by atoms with E-state index in [0.717, 1.165) is 12.8 Å². The summed E-state index contributed by atoms with van der Waals surface area (Å²) in [5, 5.41) is 2.63. The molecular formula is C20H23N3O3. The third-order valence-corrected chi connectivity index (χ3v) is 4.79. The Morgan fingerprint density at radius 1 is 1.08 bits per heavy atom. The van der Waals surface area contributed by atoms with E-state index in [-0.39, 0.29) is 23.1 Å². The van der Waals surface area contributed by atoms with Crippen LogP contribution in [0.2, 0.25) is 0 Å². The summed E-state index contributed by atoms with van der Waals surface area (Å²) < 4.78 is 1.33. The molecule has 2 heterocycles. The van der Waals surface area contributed by atoms with Gasteiger partial charge < -0.3 is 14.8 Å². The van der Waals surface area contributed by atoms with E-state index in [1.807, 2.05) is 11.0 Å². The van der Waals surface area contributed by atoms with Crippen LogP contribution in [0.25, 0.3) is 0 Å². The van der Waals surface area contributed by atoms with Gasteiger partial charge in [-0.25, -0.2) is 0 Å². The Balaban J connectivity index is 1.84. The first-order valence-electron chi connectivity index (χ1n) is 8.82. The molecule has 6 heteroatoms. The summed E-state index contributed by atoms with van der Waals surface area (Å²) in [7, 11) is 1.58. The molecule has 1 fully saturated rings. The van der Waals surface area contributed by atoms with Crippen molar-refractivity contribution < 1.29 is 9.59 Å². The average Bonchev–Trinajstić information content (AvgIpc) is 2.66. The van der Waals surface area contributed by atoms with Gasteiger partial charge in [-0.15, -0.1) is 0 Å². The highest BCUT2D eigenvalue weighted by atomic mass is 16.2. The molecule has 0 unspecified atom stereocenters. The molecule has 1 aliphatic heterocycles. The van der Waals surface area contributed by atoms with E-state index in [4.69, 9.17) is 0 Å². The lowest BCUT2D eigenvalue weighted by atomic mass is 9.99. The van der Waals surface area contributed by atoms with E-state index in [0.29, 0.717) is 30.1 Å². The number of rotatable bonds is 3. The minimum Gasteiger partial charge on any atom is -0.339 e. The predicted molar refractivity (Wildman–Crippen MR) is 100 cm³/mol. The molecule has 136 valence electrons. The molecule has 2 amide bonds. The van der Waals surface area contributed by atoms with E-state index in [1.54, 1.807) is 31.3 Å². The van der Waals surface area contributed by atoms with Gasteiger partial charge in [0.1, 0.15) is 5.69 Å². The van der Waals surface area contributed by atoms with Gasteiger partial charge in [-0.3, -0.25) is 14.4 Å². The van der Waals surface area contributed by atoms with Crippen LogP contribution in [0.5, 0.6) is 0 Å². The van der Waals surface area contributed by atoms with Crippen LogP contribution in [-0.4, -0.2) is 34.4 Å². The van der Waals surface area contributed by atoms with Crippen molar-refractivity contribution >= 4 is 17.5 Å². The number of amides is 2. The van der Waals surface area contributed by atoms with Crippen LogP contribution < -0.4 is 10.9 Å². The summed E-state index contributed by atoms with van der Waals surface area (Å²) in [6, 6.07) is 10.1. The standard InChI is InChI=1S/C20H23N3O3/c1-14-8-10-23(11-9-14)19(25)16-12-17(20(26)22(2)13-16)21-18(24)15-6-4-3-5-7-15/h3-7,12-14H,8-11H2,1-2H3,(H,21,24). The van der Waals surface area contributed by atoms with Crippen molar-refractivity contribution in [3.63, 3.8) is 0 Å². The molecule has 0 aliphatic carbocycles. The Bertz CT molecular complexity index is 866. The second-order valence-electron chi connectivity index (χ2n) is 6.85. The van der Waals surface area contributed by atoms with E-state index < -0.39 is 0 Å². The summed E-state index contributed by atoms with van der Waals surface area (Å²) in [5.41, 5.74) is 0.622. The van der Waals surface area contributed by atoms with Crippen LogP contribution in [-0.2, 0) is 7.05 Å². The lowest BCUT2D eigenvalue weighted by Crippen LogP contribution is -2.38. The Morgan fingerprint density at radius 2 is 1.73 bits per heavy atom. The molecule has 0 atom stereocenters. The van der Waals surface area contributed by atoms with Gasteiger partial charge in [0.05, 0.1) is 5.56 Å². The molecule has 1 aromatic heterocycles. The van der Waals surface area contributed by atoms with Crippen LogP contribution in [0, 0.1) is 5.92 Å². The zero-order valence-electron chi connectivity index (χ0n) is 15.1. The number of aryl methyl sites for hydroxylation is 1. The molecule has 3 rings (SSSR count). The maximum absolute atomic E-state index is 12.8. The fraction of sp³-hybridized carbons (Fsp3) is 0.350. The number of nitrogens with one attached hydrogen (secondary N) is 1. The number of carbonyl (C=O) groups excluding carboxylic acids is 2. The second kappa shape index (κ2) is 7.56. The Hall–Kier alpha value is -2.89. The quantitative estimate of drug-likeness (QED) is 0.922. The smallest absolute Gasteiger partial charge is 0.274 e. The van der Waals surface area contributed by atoms with Crippen LogP contribution in [0.1, 0.15) is 40.5 Å². The third kappa shape index (κ3) is 3.85. The van der Waals surface area contributed by atoms with Crippen molar-refractivity contribution in [2.24, 2.45) is 13.0 Å². The monoisotopic (exact) mass is 353 g/mol. The van der Waals surface area contributed by atoms with Gasteiger partial charge in [-0.05, 0) is 37.0 Å². The topological polar surface area (TPSA) is 71.4 Å². The molecule has 1 N–H and O–H groups in total. The molecule has 26 heavy (non-hydrogen) atoms. The summed E-state index contributed by atoms with van der Waals surface area (Å²) in [6.07, 6.45) is 3.49. The third-order valence-electron chi connectivity index (χ3n) is 4.79. The van der Waals surface area contributed by atoms with Crippen LogP contribution in [0.15, 0.2) is 47.4 Å². The van der Waals surface area contributed by atoms with Crippen molar-refractivity contribution in [1.82, 2.24) is 9.47 Å². The molecule has 2 aromatic rings. The minimum atomic E-state index is -0.376. The van der Waals surface area contributed by atoms with Crippen molar-refractivity contribution in [3.8, 4) is 0 Å². The molecular weight excluding hydrogens is 330 g/mol.